The molecule has 2 rings (SSSR count). The summed E-state index contributed by atoms with van der Waals surface area (Å²) in [5.41, 5.74) is 0. The number of nitrogens with zero attached hydrogens (tertiary/aromatic N) is 1. The van der Waals surface area contributed by atoms with E-state index in [4.69, 9.17) is 9.47 Å². The predicted molar refractivity (Wildman–Crippen MR) is 61.6 cm³/mol. The summed E-state index contributed by atoms with van der Waals surface area (Å²) in [5, 5.41) is 9.81. The molecule has 5 heteroatoms. The van der Waals surface area contributed by atoms with Crippen molar-refractivity contribution in [1.82, 2.24) is 4.90 Å². The molecule has 2 heterocycles. The van der Waals surface area contributed by atoms with Crippen LogP contribution in [-0.4, -0.2) is 60.5 Å². The van der Waals surface area contributed by atoms with Gasteiger partial charge in [0, 0.05) is 19.6 Å². The lowest BCUT2D eigenvalue weighted by Crippen LogP contribution is -2.46. The molecule has 98 valence electrons. The normalized spacial score (nSPS) is 30.2. The van der Waals surface area contributed by atoms with E-state index >= 15 is 0 Å². The SMILES string of the molecule is CCOC(=O)CC(O)CN1CC2CCC(C1)O2. The van der Waals surface area contributed by atoms with Crippen LogP contribution in [0, 0.1) is 0 Å². The molecule has 3 unspecified atom stereocenters. The van der Waals surface area contributed by atoms with Gasteiger partial charge < -0.3 is 14.6 Å². The summed E-state index contributed by atoms with van der Waals surface area (Å²) in [6.07, 6.45) is 2.34. The van der Waals surface area contributed by atoms with Crippen molar-refractivity contribution in [3.8, 4) is 0 Å². The highest BCUT2D eigenvalue weighted by Crippen LogP contribution is 2.26. The summed E-state index contributed by atoms with van der Waals surface area (Å²) in [5.74, 6) is -0.323. The molecule has 2 saturated heterocycles. The van der Waals surface area contributed by atoms with Gasteiger partial charge in [-0.15, -0.1) is 0 Å². The highest BCUT2D eigenvalue weighted by Gasteiger charge is 2.34. The highest BCUT2D eigenvalue weighted by atomic mass is 16.5. The van der Waals surface area contributed by atoms with Crippen molar-refractivity contribution < 1.29 is 19.4 Å². The molecule has 2 aliphatic heterocycles. The van der Waals surface area contributed by atoms with Crippen molar-refractivity contribution in [3.05, 3.63) is 0 Å². The Hall–Kier alpha value is -0.650. The van der Waals surface area contributed by atoms with Gasteiger partial charge in [-0.25, -0.2) is 0 Å². The number of fused-ring (bicyclic) bond motifs is 2. The molecule has 0 spiro atoms. The Labute approximate surface area is 102 Å². The second-order valence-electron chi connectivity index (χ2n) is 4.84. The van der Waals surface area contributed by atoms with Crippen molar-refractivity contribution in [2.75, 3.05) is 26.2 Å². The third-order valence-corrected chi connectivity index (χ3v) is 3.30. The van der Waals surface area contributed by atoms with Crippen molar-refractivity contribution >= 4 is 5.97 Å². The van der Waals surface area contributed by atoms with Crippen LogP contribution in [0.4, 0.5) is 0 Å². The van der Waals surface area contributed by atoms with E-state index < -0.39 is 6.10 Å². The number of likely N-dealkylation sites (tertiary alicyclic amines) is 1. The van der Waals surface area contributed by atoms with Gasteiger partial charge in [-0.3, -0.25) is 9.69 Å². The summed E-state index contributed by atoms with van der Waals surface area (Å²) < 4.78 is 10.5. The number of aliphatic hydroxyl groups excluding tert-OH is 1. The van der Waals surface area contributed by atoms with E-state index in [1.54, 1.807) is 6.92 Å². The topological polar surface area (TPSA) is 59.0 Å². The van der Waals surface area contributed by atoms with Crippen LogP contribution < -0.4 is 0 Å². The average Bonchev–Trinajstić information content (AvgIpc) is 2.58. The molecule has 2 bridgehead atoms. The first kappa shape index (κ1) is 12.8. The van der Waals surface area contributed by atoms with Gasteiger partial charge in [0.1, 0.15) is 0 Å². The Balaban J connectivity index is 1.71. The van der Waals surface area contributed by atoms with Crippen molar-refractivity contribution in [1.29, 1.82) is 0 Å². The van der Waals surface area contributed by atoms with Crippen LogP contribution in [0.2, 0.25) is 0 Å². The van der Waals surface area contributed by atoms with Crippen LogP contribution in [-0.2, 0) is 14.3 Å². The van der Waals surface area contributed by atoms with Gasteiger partial charge in [-0.05, 0) is 19.8 Å². The average molecular weight is 243 g/mol. The van der Waals surface area contributed by atoms with Gasteiger partial charge in [0.05, 0.1) is 31.3 Å². The molecule has 2 fully saturated rings. The summed E-state index contributed by atoms with van der Waals surface area (Å²) in [6.45, 7) is 4.42. The van der Waals surface area contributed by atoms with Gasteiger partial charge in [0.2, 0.25) is 0 Å². The van der Waals surface area contributed by atoms with Crippen molar-refractivity contribution in [2.45, 2.75) is 44.5 Å². The second kappa shape index (κ2) is 5.80. The van der Waals surface area contributed by atoms with Crippen LogP contribution in [0.5, 0.6) is 0 Å². The third-order valence-electron chi connectivity index (χ3n) is 3.30. The number of carbonyl (C=O) groups is 1. The Morgan fingerprint density at radius 2 is 2.12 bits per heavy atom. The van der Waals surface area contributed by atoms with Gasteiger partial charge >= 0.3 is 5.97 Å². The van der Waals surface area contributed by atoms with Crippen LogP contribution in [0.25, 0.3) is 0 Å². The maximum atomic E-state index is 11.2. The fourth-order valence-electron chi connectivity index (χ4n) is 2.62. The van der Waals surface area contributed by atoms with Gasteiger partial charge in [0.25, 0.3) is 0 Å². The summed E-state index contributed by atoms with van der Waals surface area (Å²) >= 11 is 0. The lowest BCUT2D eigenvalue weighted by Gasteiger charge is -2.33. The minimum absolute atomic E-state index is 0.0839. The summed E-state index contributed by atoms with van der Waals surface area (Å²) in [7, 11) is 0. The monoisotopic (exact) mass is 243 g/mol. The van der Waals surface area contributed by atoms with Crippen LogP contribution >= 0.6 is 0 Å². The van der Waals surface area contributed by atoms with Crippen molar-refractivity contribution in [2.24, 2.45) is 0 Å². The molecular formula is C12H21NO4. The highest BCUT2D eigenvalue weighted by molar-refractivity contribution is 5.69. The van der Waals surface area contributed by atoms with Crippen LogP contribution in [0.1, 0.15) is 26.2 Å². The molecule has 1 N–H and O–H groups in total. The number of β-amino-alcohol motifs (C(OH)–C–C–N with tert-alkyl or cyclic N) is 1. The fourth-order valence-corrected chi connectivity index (χ4v) is 2.62. The van der Waals surface area contributed by atoms with Gasteiger partial charge in [-0.2, -0.15) is 0 Å². The molecule has 3 atom stereocenters. The Morgan fingerprint density at radius 3 is 2.71 bits per heavy atom. The quantitative estimate of drug-likeness (QED) is 0.697. The zero-order valence-electron chi connectivity index (χ0n) is 10.3. The standard InChI is InChI=1S/C12H21NO4/c1-2-16-12(15)5-9(14)6-13-7-10-3-4-11(8-13)17-10/h9-11,14H,2-8H2,1H3. The number of aliphatic hydroxyl groups is 1. The Bertz CT molecular complexity index is 259. The largest absolute Gasteiger partial charge is 0.466 e. The number of hydrogen-bond acceptors (Lipinski definition) is 5. The molecule has 0 aliphatic carbocycles. The first-order chi connectivity index (χ1) is 8.17. The summed E-state index contributed by atoms with van der Waals surface area (Å²) in [6, 6.07) is 0. The second-order valence-corrected chi connectivity index (χ2v) is 4.84. The molecule has 0 aromatic heterocycles. The minimum Gasteiger partial charge on any atom is -0.466 e. The van der Waals surface area contributed by atoms with E-state index in [1.165, 1.54) is 0 Å². The maximum absolute atomic E-state index is 11.2. The summed E-state index contributed by atoms with van der Waals surface area (Å²) in [4.78, 5) is 13.4. The lowest BCUT2D eigenvalue weighted by atomic mass is 10.2. The molecule has 0 saturated carbocycles. The molecule has 0 aromatic rings. The van der Waals surface area contributed by atoms with Gasteiger partial charge in [0.15, 0.2) is 0 Å². The first-order valence-corrected chi connectivity index (χ1v) is 6.39. The van der Waals surface area contributed by atoms with Crippen LogP contribution in [0.15, 0.2) is 0 Å². The number of esters is 1. The van der Waals surface area contributed by atoms with E-state index in [-0.39, 0.29) is 12.4 Å². The van der Waals surface area contributed by atoms with E-state index in [0.29, 0.717) is 25.4 Å². The van der Waals surface area contributed by atoms with E-state index in [9.17, 15) is 9.90 Å². The molecular weight excluding hydrogens is 222 g/mol. The smallest absolute Gasteiger partial charge is 0.308 e. The van der Waals surface area contributed by atoms with Crippen LogP contribution in [0.3, 0.4) is 0 Å². The molecule has 0 aromatic carbocycles. The zero-order chi connectivity index (χ0) is 12.3. The minimum atomic E-state index is -0.633. The third kappa shape index (κ3) is 3.66. The fraction of sp³-hybridized carbons (Fsp3) is 0.917. The Kier molecular flexibility index (Phi) is 4.36. The number of carbonyl (C=O) groups excluding carboxylic acids is 1. The number of rotatable bonds is 5. The van der Waals surface area contributed by atoms with E-state index in [2.05, 4.69) is 4.90 Å². The molecule has 17 heavy (non-hydrogen) atoms. The molecule has 0 radical (unpaired) electrons. The molecule has 2 aliphatic rings. The Morgan fingerprint density at radius 1 is 1.47 bits per heavy atom. The van der Waals surface area contributed by atoms with E-state index in [0.717, 1.165) is 25.9 Å². The zero-order valence-corrected chi connectivity index (χ0v) is 10.3. The lowest BCUT2D eigenvalue weighted by molar-refractivity contribution is -0.145. The predicted octanol–water partition coefficient (Wildman–Crippen LogP) is 0.164. The number of morpholine rings is 1. The first-order valence-electron chi connectivity index (χ1n) is 6.39. The molecule has 0 amide bonds. The van der Waals surface area contributed by atoms with Gasteiger partial charge in [-0.1, -0.05) is 0 Å². The molecule has 5 nitrogen and oxygen atoms in total. The van der Waals surface area contributed by atoms with Crippen molar-refractivity contribution in [3.63, 3.8) is 0 Å². The number of ether oxygens (including phenoxy) is 2. The number of hydrogen-bond donors (Lipinski definition) is 1. The van der Waals surface area contributed by atoms with E-state index in [1.807, 2.05) is 0 Å². The maximum Gasteiger partial charge on any atom is 0.308 e.